The molecule has 0 fully saturated rings. The molecule has 2 amide bonds. The summed E-state index contributed by atoms with van der Waals surface area (Å²) in [4.78, 5) is 23.2. The van der Waals surface area contributed by atoms with Crippen molar-refractivity contribution in [2.75, 3.05) is 26.0 Å². The minimum atomic E-state index is -0.0723. The van der Waals surface area contributed by atoms with E-state index in [1.54, 1.807) is 7.05 Å². The molecular weight excluding hydrogens is 242 g/mol. The predicted octanol–water partition coefficient (Wildman–Crippen LogP) is 0.913. The lowest BCUT2D eigenvalue weighted by molar-refractivity contribution is -0.120. The van der Waals surface area contributed by atoms with Crippen molar-refractivity contribution in [1.82, 2.24) is 10.6 Å². The van der Waals surface area contributed by atoms with E-state index >= 15 is 0 Å². The third-order valence-electron chi connectivity index (χ3n) is 2.75. The van der Waals surface area contributed by atoms with Crippen LogP contribution in [0.15, 0.2) is 24.3 Å². The molecule has 0 saturated heterocycles. The molecule has 19 heavy (non-hydrogen) atoms. The molecule has 5 heteroatoms. The first kappa shape index (κ1) is 15.2. The van der Waals surface area contributed by atoms with Crippen molar-refractivity contribution in [2.45, 2.75) is 19.3 Å². The molecule has 0 aliphatic carbocycles. The average molecular weight is 263 g/mol. The largest absolute Gasteiger partial charge is 0.359 e. The van der Waals surface area contributed by atoms with Crippen LogP contribution in [0.2, 0.25) is 0 Å². The van der Waals surface area contributed by atoms with Crippen molar-refractivity contribution in [2.24, 2.45) is 0 Å². The highest BCUT2D eigenvalue weighted by Crippen LogP contribution is 2.16. The molecule has 3 N–H and O–H groups in total. The number of carbonyl (C=O) groups excluding carboxylic acids is 2. The molecule has 0 heterocycles. The highest BCUT2D eigenvalue weighted by atomic mass is 16.2. The van der Waals surface area contributed by atoms with Gasteiger partial charge in [0.25, 0.3) is 0 Å². The summed E-state index contributed by atoms with van der Waals surface area (Å²) < 4.78 is 0. The number of hydrogen-bond donors (Lipinski definition) is 3. The summed E-state index contributed by atoms with van der Waals surface area (Å²) in [7, 11) is 3.46. The minimum Gasteiger partial charge on any atom is -0.359 e. The normalized spacial score (nSPS) is 10.0. The van der Waals surface area contributed by atoms with Crippen LogP contribution in [0.3, 0.4) is 0 Å². The minimum absolute atomic E-state index is 0.0281. The molecule has 0 aromatic heterocycles. The van der Waals surface area contributed by atoms with E-state index in [1.165, 1.54) is 0 Å². The Morgan fingerprint density at radius 2 is 1.84 bits per heavy atom. The maximum Gasteiger partial charge on any atom is 0.224 e. The first-order chi connectivity index (χ1) is 9.17. The number of hydrogen-bond acceptors (Lipinski definition) is 3. The second kappa shape index (κ2) is 8.26. The van der Waals surface area contributed by atoms with Gasteiger partial charge in [-0.2, -0.15) is 0 Å². The summed E-state index contributed by atoms with van der Waals surface area (Å²) in [6.07, 6.45) is 1.53. The van der Waals surface area contributed by atoms with Crippen LogP contribution in [0, 0.1) is 0 Å². The monoisotopic (exact) mass is 263 g/mol. The van der Waals surface area contributed by atoms with E-state index in [9.17, 15) is 9.59 Å². The molecule has 1 rings (SSSR count). The summed E-state index contributed by atoms with van der Waals surface area (Å²) >= 11 is 0. The fraction of sp³-hybridized carbons (Fsp3) is 0.429. The van der Waals surface area contributed by atoms with E-state index in [0.717, 1.165) is 18.5 Å². The number of carbonyl (C=O) groups is 2. The Labute approximate surface area is 113 Å². The molecule has 0 unspecified atom stereocenters. The van der Waals surface area contributed by atoms with Crippen molar-refractivity contribution < 1.29 is 9.59 Å². The fourth-order valence-electron chi connectivity index (χ4n) is 1.70. The average Bonchev–Trinajstić information content (AvgIpc) is 2.41. The molecule has 0 saturated carbocycles. The quantitative estimate of drug-likeness (QED) is 0.640. The lowest BCUT2D eigenvalue weighted by atomic mass is 10.1. The Morgan fingerprint density at radius 1 is 1.11 bits per heavy atom. The van der Waals surface area contributed by atoms with Crippen molar-refractivity contribution in [3.05, 3.63) is 29.8 Å². The van der Waals surface area contributed by atoms with Crippen LogP contribution in [0.4, 0.5) is 5.69 Å². The van der Waals surface area contributed by atoms with Crippen LogP contribution >= 0.6 is 0 Å². The standard InChI is InChI=1S/C14H21N3O2/c1-15-9-5-8-13(18)17-12-7-4-3-6-11(12)10-14(19)16-2/h3-4,6-7,15H,5,8-10H2,1-2H3,(H,16,19)(H,17,18). The zero-order valence-electron chi connectivity index (χ0n) is 11.5. The van der Waals surface area contributed by atoms with Crippen LogP contribution in [0.5, 0.6) is 0 Å². The van der Waals surface area contributed by atoms with Crippen LogP contribution in [-0.2, 0) is 16.0 Å². The molecule has 0 radical (unpaired) electrons. The summed E-state index contributed by atoms with van der Waals surface area (Å²) in [6, 6.07) is 7.36. The summed E-state index contributed by atoms with van der Waals surface area (Å²) in [5.74, 6) is -0.100. The van der Waals surface area contributed by atoms with Gasteiger partial charge in [0.15, 0.2) is 0 Å². The Kier molecular flexibility index (Phi) is 6.60. The van der Waals surface area contributed by atoms with E-state index in [0.29, 0.717) is 12.1 Å². The van der Waals surface area contributed by atoms with Crippen LogP contribution in [0.25, 0.3) is 0 Å². The maximum absolute atomic E-state index is 11.8. The second-order valence-corrected chi connectivity index (χ2v) is 4.26. The van der Waals surface area contributed by atoms with Gasteiger partial charge in [0.05, 0.1) is 6.42 Å². The van der Waals surface area contributed by atoms with Crippen molar-refractivity contribution in [1.29, 1.82) is 0 Å². The van der Waals surface area contributed by atoms with E-state index in [2.05, 4.69) is 16.0 Å². The lowest BCUT2D eigenvalue weighted by Crippen LogP contribution is -2.21. The fourth-order valence-corrected chi connectivity index (χ4v) is 1.70. The Morgan fingerprint density at radius 3 is 2.53 bits per heavy atom. The maximum atomic E-state index is 11.8. The smallest absolute Gasteiger partial charge is 0.224 e. The summed E-state index contributed by atoms with van der Waals surface area (Å²) in [5, 5.41) is 8.43. The van der Waals surface area contributed by atoms with Gasteiger partial charge in [0.1, 0.15) is 0 Å². The topological polar surface area (TPSA) is 70.2 Å². The molecule has 5 nitrogen and oxygen atoms in total. The second-order valence-electron chi connectivity index (χ2n) is 4.26. The molecule has 0 bridgehead atoms. The zero-order chi connectivity index (χ0) is 14.1. The van der Waals surface area contributed by atoms with Gasteiger partial charge in [-0.1, -0.05) is 18.2 Å². The third kappa shape index (κ3) is 5.52. The van der Waals surface area contributed by atoms with Crippen molar-refractivity contribution >= 4 is 17.5 Å². The molecule has 0 aliphatic heterocycles. The Bertz CT molecular complexity index is 432. The number of amides is 2. The Balaban J connectivity index is 2.61. The SMILES string of the molecule is CNCCCC(=O)Nc1ccccc1CC(=O)NC. The number of nitrogens with one attached hydrogen (secondary N) is 3. The third-order valence-corrected chi connectivity index (χ3v) is 2.75. The number of para-hydroxylation sites is 1. The zero-order valence-corrected chi connectivity index (χ0v) is 11.5. The van der Waals surface area contributed by atoms with Gasteiger partial charge in [0, 0.05) is 19.2 Å². The van der Waals surface area contributed by atoms with E-state index in [1.807, 2.05) is 31.3 Å². The van der Waals surface area contributed by atoms with Gasteiger partial charge in [-0.3, -0.25) is 9.59 Å². The van der Waals surface area contributed by atoms with Gasteiger partial charge < -0.3 is 16.0 Å². The number of benzene rings is 1. The van der Waals surface area contributed by atoms with Crippen LogP contribution in [0.1, 0.15) is 18.4 Å². The summed E-state index contributed by atoms with van der Waals surface area (Å²) in [5.41, 5.74) is 1.53. The molecule has 0 spiro atoms. The van der Waals surface area contributed by atoms with Gasteiger partial charge in [0.2, 0.25) is 11.8 Å². The molecule has 1 aromatic carbocycles. The van der Waals surface area contributed by atoms with Gasteiger partial charge >= 0.3 is 0 Å². The van der Waals surface area contributed by atoms with Crippen LogP contribution < -0.4 is 16.0 Å². The van der Waals surface area contributed by atoms with E-state index in [-0.39, 0.29) is 18.2 Å². The molecular formula is C14H21N3O2. The van der Waals surface area contributed by atoms with Gasteiger partial charge in [-0.05, 0) is 31.6 Å². The van der Waals surface area contributed by atoms with Gasteiger partial charge in [-0.15, -0.1) is 0 Å². The highest BCUT2D eigenvalue weighted by molar-refractivity contribution is 5.92. The highest BCUT2D eigenvalue weighted by Gasteiger charge is 2.08. The first-order valence-corrected chi connectivity index (χ1v) is 6.40. The predicted molar refractivity (Wildman–Crippen MR) is 76.0 cm³/mol. The van der Waals surface area contributed by atoms with Crippen molar-refractivity contribution in [3.8, 4) is 0 Å². The number of likely N-dealkylation sites (N-methyl/N-ethyl adjacent to an activating group) is 1. The number of anilines is 1. The molecule has 0 atom stereocenters. The molecule has 1 aromatic rings. The lowest BCUT2D eigenvalue weighted by Gasteiger charge is -2.10. The van der Waals surface area contributed by atoms with Gasteiger partial charge in [-0.25, -0.2) is 0 Å². The summed E-state index contributed by atoms with van der Waals surface area (Å²) in [6.45, 7) is 0.813. The molecule has 104 valence electrons. The van der Waals surface area contributed by atoms with Crippen molar-refractivity contribution in [3.63, 3.8) is 0 Å². The molecule has 0 aliphatic rings. The number of rotatable bonds is 7. The van der Waals surface area contributed by atoms with Crippen LogP contribution in [-0.4, -0.2) is 32.5 Å². The Hall–Kier alpha value is -1.88. The van der Waals surface area contributed by atoms with E-state index in [4.69, 9.17) is 0 Å². The first-order valence-electron chi connectivity index (χ1n) is 6.40. The van der Waals surface area contributed by atoms with E-state index < -0.39 is 0 Å².